The van der Waals surface area contributed by atoms with E-state index in [1.54, 1.807) is 0 Å². The van der Waals surface area contributed by atoms with E-state index in [4.69, 9.17) is 28.4 Å². The number of Topliss-reactive ketones (excluding diaryl/α,β-unsaturated/α-hetero) is 2. The van der Waals surface area contributed by atoms with Crippen molar-refractivity contribution in [3.05, 3.63) is 0 Å². The maximum absolute atomic E-state index is 12.8. The van der Waals surface area contributed by atoms with Crippen LogP contribution in [-0.2, 0) is 47.6 Å². The zero-order valence-corrected chi connectivity index (χ0v) is 19.8. The molecule has 2 unspecified atom stereocenters. The summed E-state index contributed by atoms with van der Waals surface area (Å²) in [6, 6.07) is 0. The topological polar surface area (TPSA) is 164 Å². The van der Waals surface area contributed by atoms with Crippen molar-refractivity contribution in [1.29, 1.82) is 0 Å². The van der Waals surface area contributed by atoms with E-state index in [9.17, 15) is 29.4 Å². The molecule has 0 spiro atoms. The van der Waals surface area contributed by atoms with Gasteiger partial charge in [-0.3, -0.25) is 19.2 Å². The Bertz CT molecular complexity index is 570. The monoisotopic (exact) mass is 480 g/mol. The molecule has 0 saturated heterocycles. The van der Waals surface area contributed by atoms with Gasteiger partial charge in [0.15, 0.2) is 10.8 Å². The standard InChI is InChI=1S/C21H36O12/c1-16(24)20(14-22,18(26)32-11-9-30-7-5-28-3)13-21(15-23,17(2)25)19(27)33-12-10-31-8-6-29-4/h22-23H,5-15H2,1-4H3. The molecular formula is C21H36O12. The van der Waals surface area contributed by atoms with E-state index in [2.05, 4.69) is 0 Å². The van der Waals surface area contributed by atoms with E-state index >= 15 is 0 Å². The predicted octanol–water partition coefficient (Wildman–Crippen LogP) is -1.08. The molecule has 2 N–H and O–H groups in total. The lowest BCUT2D eigenvalue weighted by molar-refractivity contribution is -0.175. The van der Waals surface area contributed by atoms with Crippen molar-refractivity contribution in [2.45, 2.75) is 20.3 Å². The van der Waals surface area contributed by atoms with Crippen LogP contribution in [0.25, 0.3) is 0 Å². The number of aliphatic hydroxyl groups excluding tert-OH is 2. The number of ketones is 2. The van der Waals surface area contributed by atoms with Gasteiger partial charge in [0, 0.05) is 14.2 Å². The molecule has 0 aromatic carbocycles. The number of hydrogen-bond donors (Lipinski definition) is 2. The van der Waals surface area contributed by atoms with Crippen LogP contribution in [0.5, 0.6) is 0 Å². The Morgan fingerprint density at radius 1 is 0.606 bits per heavy atom. The van der Waals surface area contributed by atoms with Crippen LogP contribution in [0.3, 0.4) is 0 Å². The minimum Gasteiger partial charge on any atom is -0.462 e. The second-order valence-electron chi connectivity index (χ2n) is 7.25. The number of methoxy groups -OCH3 is 2. The van der Waals surface area contributed by atoms with Crippen molar-refractivity contribution < 1.29 is 57.8 Å². The second-order valence-corrected chi connectivity index (χ2v) is 7.25. The highest BCUT2D eigenvalue weighted by molar-refractivity contribution is 6.07. The molecule has 0 bridgehead atoms. The highest BCUT2D eigenvalue weighted by Crippen LogP contribution is 2.38. The molecule has 0 aliphatic carbocycles. The van der Waals surface area contributed by atoms with E-state index < -0.39 is 54.0 Å². The molecule has 0 radical (unpaired) electrons. The molecule has 33 heavy (non-hydrogen) atoms. The smallest absolute Gasteiger partial charge is 0.322 e. The van der Waals surface area contributed by atoms with E-state index in [0.29, 0.717) is 13.2 Å². The van der Waals surface area contributed by atoms with Crippen LogP contribution in [0.15, 0.2) is 0 Å². The SMILES string of the molecule is COCCOCCOC(=O)C(CO)(CC(CO)(C(C)=O)C(=O)OCCOCCOC)C(C)=O. The first-order valence-electron chi connectivity index (χ1n) is 10.4. The summed E-state index contributed by atoms with van der Waals surface area (Å²) >= 11 is 0. The fraction of sp³-hybridized carbons (Fsp3) is 0.810. The lowest BCUT2D eigenvalue weighted by atomic mass is 9.67. The molecule has 0 saturated carbocycles. The fourth-order valence-electron chi connectivity index (χ4n) is 2.81. The summed E-state index contributed by atoms with van der Waals surface area (Å²) < 4.78 is 30.1. The van der Waals surface area contributed by atoms with E-state index in [-0.39, 0.29) is 39.6 Å². The van der Waals surface area contributed by atoms with Gasteiger partial charge in [-0.15, -0.1) is 0 Å². The van der Waals surface area contributed by atoms with E-state index in [0.717, 1.165) is 13.8 Å². The van der Waals surface area contributed by atoms with Gasteiger partial charge in [0.1, 0.15) is 24.8 Å². The lowest BCUT2D eigenvalue weighted by Gasteiger charge is -2.35. The highest BCUT2D eigenvalue weighted by Gasteiger charge is 2.56. The van der Waals surface area contributed by atoms with Gasteiger partial charge in [0.05, 0.1) is 52.9 Å². The summed E-state index contributed by atoms with van der Waals surface area (Å²) in [6.07, 6.45) is -0.829. The second kappa shape index (κ2) is 16.6. The van der Waals surface area contributed by atoms with Crippen molar-refractivity contribution >= 4 is 23.5 Å². The third-order valence-corrected chi connectivity index (χ3v) is 5.06. The maximum Gasteiger partial charge on any atom is 0.322 e. The van der Waals surface area contributed by atoms with Gasteiger partial charge in [-0.05, 0) is 20.3 Å². The number of carbonyl (C=O) groups is 4. The van der Waals surface area contributed by atoms with Crippen LogP contribution in [-0.4, -0.2) is 114 Å². The Balaban J connectivity index is 5.44. The van der Waals surface area contributed by atoms with Crippen LogP contribution < -0.4 is 0 Å². The first-order valence-corrected chi connectivity index (χ1v) is 10.4. The number of esters is 2. The molecule has 2 atom stereocenters. The molecule has 12 heteroatoms. The number of aliphatic hydroxyl groups is 2. The molecule has 0 aliphatic heterocycles. The average molecular weight is 481 g/mol. The van der Waals surface area contributed by atoms with E-state index in [1.807, 2.05) is 0 Å². The molecule has 0 aromatic rings. The largest absolute Gasteiger partial charge is 0.462 e. The summed E-state index contributed by atoms with van der Waals surface area (Å²) in [5, 5.41) is 19.9. The van der Waals surface area contributed by atoms with E-state index in [1.165, 1.54) is 14.2 Å². The summed E-state index contributed by atoms with van der Waals surface area (Å²) in [4.78, 5) is 50.4. The molecular weight excluding hydrogens is 444 g/mol. The van der Waals surface area contributed by atoms with Crippen molar-refractivity contribution in [3.63, 3.8) is 0 Å². The van der Waals surface area contributed by atoms with Crippen LogP contribution >= 0.6 is 0 Å². The number of rotatable bonds is 20. The van der Waals surface area contributed by atoms with Crippen LogP contribution in [0.2, 0.25) is 0 Å². The van der Waals surface area contributed by atoms with Gasteiger partial charge in [0.2, 0.25) is 0 Å². The van der Waals surface area contributed by atoms with Gasteiger partial charge in [-0.2, -0.15) is 0 Å². The summed E-state index contributed by atoms with van der Waals surface area (Å²) in [5.41, 5.74) is -4.54. The summed E-state index contributed by atoms with van der Waals surface area (Å²) in [7, 11) is 2.99. The van der Waals surface area contributed by atoms with Gasteiger partial charge >= 0.3 is 11.9 Å². The average Bonchev–Trinajstić information content (AvgIpc) is 2.79. The molecule has 0 heterocycles. The molecule has 0 amide bonds. The van der Waals surface area contributed by atoms with Crippen molar-refractivity contribution in [1.82, 2.24) is 0 Å². The molecule has 0 rings (SSSR count). The quantitative estimate of drug-likeness (QED) is 0.123. The van der Waals surface area contributed by atoms with Gasteiger partial charge in [-0.25, -0.2) is 0 Å². The lowest BCUT2D eigenvalue weighted by Crippen LogP contribution is -2.53. The first kappa shape index (κ1) is 31.0. The maximum atomic E-state index is 12.8. The van der Waals surface area contributed by atoms with Crippen LogP contribution in [0, 0.1) is 10.8 Å². The Hall–Kier alpha value is -1.96. The molecule has 0 aromatic heterocycles. The Labute approximate surface area is 193 Å². The normalized spacial score (nSPS) is 14.7. The van der Waals surface area contributed by atoms with Crippen molar-refractivity contribution in [3.8, 4) is 0 Å². The minimum absolute atomic E-state index is 0.00250. The zero-order valence-electron chi connectivity index (χ0n) is 19.8. The number of ether oxygens (including phenoxy) is 6. The van der Waals surface area contributed by atoms with Gasteiger partial charge in [-0.1, -0.05) is 0 Å². The third kappa shape index (κ3) is 9.43. The van der Waals surface area contributed by atoms with Crippen molar-refractivity contribution in [2.24, 2.45) is 10.8 Å². The molecule has 0 fully saturated rings. The first-order chi connectivity index (χ1) is 15.7. The Morgan fingerprint density at radius 3 is 1.21 bits per heavy atom. The van der Waals surface area contributed by atoms with Crippen molar-refractivity contribution in [2.75, 3.05) is 80.3 Å². The highest BCUT2D eigenvalue weighted by atomic mass is 16.6. The predicted molar refractivity (Wildman–Crippen MR) is 112 cm³/mol. The summed E-state index contributed by atoms with van der Waals surface area (Å²) in [5.74, 6) is -3.99. The fourth-order valence-corrected chi connectivity index (χ4v) is 2.81. The number of carbonyl (C=O) groups excluding carboxylic acids is 4. The molecule has 0 aliphatic rings. The zero-order chi connectivity index (χ0) is 25.3. The number of hydrogen-bond acceptors (Lipinski definition) is 12. The Morgan fingerprint density at radius 2 is 0.939 bits per heavy atom. The van der Waals surface area contributed by atoms with Gasteiger partial charge in [0.25, 0.3) is 0 Å². The van der Waals surface area contributed by atoms with Crippen LogP contribution in [0.1, 0.15) is 20.3 Å². The Kier molecular flexibility index (Phi) is 15.6. The molecule has 192 valence electrons. The third-order valence-electron chi connectivity index (χ3n) is 5.06. The molecule has 12 nitrogen and oxygen atoms in total. The van der Waals surface area contributed by atoms with Crippen LogP contribution in [0.4, 0.5) is 0 Å². The minimum atomic E-state index is -2.27. The summed E-state index contributed by atoms with van der Waals surface area (Å²) in [6.45, 7) is 0.624. The van der Waals surface area contributed by atoms with Gasteiger partial charge < -0.3 is 38.6 Å².